The number of nitrogens with zero attached hydrogens (tertiary/aromatic N) is 3. The number of nitrogens with one attached hydrogen (secondary N) is 1. The molecule has 1 aromatic heterocycles. The van der Waals surface area contributed by atoms with Crippen LogP contribution in [-0.4, -0.2) is 33.7 Å². The van der Waals surface area contributed by atoms with Crippen molar-refractivity contribution in [2.24, 2.45) is 5.92 Å². The third-order valence-corrected chi connectivity index (χ3v) is 4.77. The van der Waals surface area contributed by atoms with E-state index in [1.807, 2.05) is 0 Å². The topological polar surface area (TPSA) is 52.0 Å². The van der Waals surface area contributed by atoms with E-state index in [4.69, 9.17) is 4.74 Å². The summed E-state index contributed by atoms with van der Waals surface area (Å²) < 4.78 is 8.18. The van der Waals surface area contributed by atoms with Crippen molar-refractivity contribution in [1.29, 1.82) is 0 Å². The van der Waals surface area contributed by atoms with Gasteiger partial charge in [0.15, 0.2) is 0 Å². The molecule has 2 fully saturated rings. The van der Waals surface area contributed by atoms with Crippen LogP contribution in [0.1, 0.15) is 64.1 Å². The third kappa shape index (κ3) is 3.64. The molecular formula is C16H28N4O. The van der Waals surface area contributed by atoms with Crippen LogP contribution in [0.25, 0.3) is 0 Å². The third-order valence-electron chi connectivity index (χ3n) is 4.77. The number of ether oxygens (including phenoxy) is 1. The van der Waals surface area contributed by atoms with Gasteiger partial charge in [-0.2, -0.15) is 0 Å². The van der Waals surface area contributed by atoms with Crippen molar-refractivity contribution in [3.05, 3.63) is 11.9 Å². The fourth-order valence-electron chi connectivity index (χ4n) is 3.66. The van der Waals surface area contributed by atoms with Gasteiger partial charge in [0.05, 0.1) is 23.5 Å². The van der Waals surface area contributed by atoms with E-state index in [1.54, 1.807) is 0 Å². The van der Waals surface area contributed by atoms with Crippen molar-refractivity contribution in [2.75, 3.05) is 13.2 Å². The highest BCUT2D eigenvalue weighted by Gasteiger charge is 2.40. The molecule has 1 spiro atoms. The van der Waals surface area contributed by atoms with Crippen LogP contribution in [0.3, 0.4) is 0 Å². The number of hydrogen-bond acceptors (Lipinski definition) is 4. The smallest absolute Gasteiger partial charge is 0.0964 e. The maximum atomic E-state index is 6.10. The molecule has 1 aliphatic carbocycles. The molecule has 1 unspecified atom stereocenters. The predicted octanol–water partition coefficient (Wildman–Crippen LogP) is 2.69. The fourth-order valence-corrected chi connectivity index (χ4v) is 3.66. The van der Waals surface area contributed by atoms with Gasteiger partial charge in [0.1, 0.15) is 0 Å². The summed E-state index contributed by atoms with van der Waals surface area (Å²) in [6.45, 7) is 7.13. The highest BCUT2D eigenvalue weighted by atomic mass is 16.5. The Morgan fingerprint density at radius 1 is 1.43 bits per heavy atom. The van der Waals surface area contributed by atoms with Gasteiger partial charge in [-0.3, -0.25) is 0 Å². The highest BCUT2D eigenvalue weighted by Crippen LogP contribution is 2.43. The van der Waals surface area contributed by atoms with Crippen LogP contribution in [0.2, 0.25) is 0 Å². The van der Waals surface area contributed by atoms with E-state index < -0.39 is 0 Å². The van der Waals surface area contributed by atoms with Crippen molar-refractivity contribution in [2.45, 2.75) is 70.6 Å². The lowest BCUT2D eigenvalue weighted by Crippen LogP contribution is -2.38. The zero-order valence-corrected chi connectivity index (χ0v) is 13.3. The Hall–Kier alpha value is -0.940. The molecule has 0 radical (unpaired) electrons. The molecule has 1 N–H and O–H groups in total. The molecule has 2 aliphatic rings. The summed E-state index contributed by atoms with van der Waals surface area (Å²) in [5, 5.41) is 12.1. The second-order valence-electron chi connectivity index (χ2n) is 7.10. The lowest BCUT2D eigenvalue weighted by Gasteiger charge is -2.38. The van der Waals surface area contributed by atoms with Crippen LogP contribution in [0.15, 0.2) is 6.20 Å². The lowest BCUT2D eigenvalue weighted by molar-refractivity contribution is -0.0911. The van der Waals surface area contributed by atoms with Gasteiger partial charge in [-0.15, -0.1) is 5.10 Å². The predicted molar refractivity (Wildman–Crippen MR) is 82.0 cm³/mol. The molecule has 1 saturated carbocycles. The maximum absolute atomic E-state index is 6.10. The highest BCUT2D eigenvalue weighted by molar-refractivity contribution is 4.97. The largest absolute Gasteiger partial charge is 0.375 e. The van der Waals surface area contributed by atoms with Gasteiger partial charge in [0, 0.05) is 13.2 Å². The van der Waals surface area contributed by atoms with E-state index in [-0.39, 0.29) is 5.60 Å². The Morgan fingerprint density at radius 2 is 2.24 bits per heavy atom. The SMILES string of the molecule is CC(C)CNCc1cn(C2CCOC3(CCCC3)C2)nn1. The van der Waals surface area contributed by atoms with Crippen LogP contribution < -0.4 is 5.32 Å². The number of rotatable bonds is 5. The van der Waals surface area contributed by atoms with Gasteiger partial charge < -0.3 is 10.1 Å². The summed E-state index contributed by atoms with van der Waals surface area (Å²) >= 11 is 0. The molecule has 118 valence electrons. The molecule has 3 rings (SSSR count). The first-order chi connectivity index (χ1) is 10.2. The summed E-state index contributed by atoms with van der Waals surface area (Å²) in [4.78, 5) is 0. The van der Waals surface area contributed by atoms with E-state index in [9.17, 15) is 0 Å². The molecule has 0 amide bonds. The molecule has 5 nitrogen and oxygen atoms in total. The minimum atomic E-state index is 0.144. The van der Waals surface area contributed by atoms with Gasteiger partial charge in [-0.05, 0) is 38.1 Å². The molecule has 1 aliphatic heterocycles. The van der Waals surface area contributed by atoms with Crippen molar-refractivity contribution >= 4 is 0 Å². The molecule has 0 aromatic carbocycles. The van der Waals surface area contributed by atoms with Crippen LogP contribution >= 0.6 is 0 Å². The Balaban J connectivity index is 1.57. The maximum Gasteiger partial charge on any atom is 0.0964 e. The van der Waals surface area contributed by atoms with Crippen LogP contribution in [-0.2, 0) is 11.3 Å². The molecular weight excluding hydrogens is 264 g/mol. The van der Waals surface area contributed by atoms with Gasteiger partial charge in [-0.25, -0.2) is 4.68 Å². The first-order valence-electron chi connectivity index (χ1n) is 8.42. The van der Waals surface area contributed by atoms with Gasteiger partial charge in [0.25, 0.3) is 0 Å². The van der Waals surface area contributed by atoms with Gasteiger partial charge >= 0.3 is 0 Å². The van der Waals surface area contributed by atoms with Crippen molar-refractivity contribution < 1.29 is 4.74 Å². The average Bonchev–Trinajstić information content (AvgIpc) is 3.09. The van der Waals surface area contributed by atoms with Gasteiger partial charge in [-0.1, -0.05) is 31.9 Å². The monoisotopic (exact) mass is 292 g/mol. The van der Waals surface area contributed by atoms with Crippen LogP contribution in [0.4, 0.5) is 0 Å². The molecule has 1 atom stereocenters. The average molecular weight is 292 g/mol. The van der Waals surface area contributed by atoms with Crippen LogP contribution in [0, 0.1) is 5.92 Å². The zero-order chi connectivity index (χ0) is 14.7. The standard InChI is InChI=1S/C16H28N4O/c1-13(2)10-17-11-14-12-20(19-18-14)15-5-8-21-16(9-15)6-3-4-7-16/h12-13,15,17H,3-11H2,1-2H3. The van der Waals surface area contributed by atoms with Crippen molar-refractivity contribution in [3.63, 3.8) is 0 Å². The second-order valence-corrected chi connectivity index (χ2v) is 7.10. The zero-order valence-electron chi connectivity index (χ0n) is 13.3. The number of hydrogen-bond donors (Lipinski definition) is 1. The molecule has 1 aromatic rings. The van der Waals surface area contributed by atoms with E-state index in [1.165, 1.54) is 25.7 Å². The van der Waals surface area contributed by atoms with Crippen LogP contribution in [0.5, 0.6) is 0 Å². The van der Waals surface area contributed by atoms with E-state index >= 15 is 0 Å². The van der Waals surface area contributed by atoms with Gasteiger partial charge in [0.2, 0.25) is 0 Å². The van der Waals surface area contributed by atoms with E-state index in [0.29, 0.717) is 12.0 Å². The summed E-state index contributed by atoms with van der Waals surface area (Å²) in [6.07, 6.45) is 9.36. The van der Waals surface area contributed by atoms with E-state index in [0.717, 1.165) is 38.2 Å². The lowest BCUT2D eigenvalue weighted by atomic mass is 9.89. The summed E-state index contributed by atoms with van der Waals surface area (Å²) in [6, 6.07) is 0.461. The number of aromatic nitrogens is 3. The quantitative estimate of drug-likeness (QED) is 0.906. The van der Waals surface area contributed by atoms with E-state index in [2.05, 4.69) is 40.4 Å². The van der Waals surface area contributed by atoms with Crippen molar-refractivity contribution in [3.8, 4) is 0 Å². The molecule has 2 heterocycles. The summed E-state index contributed by atoms with van der Waals surface area (Å²) in [7, 11) is 0. The Bertz CT molecular complexity index is 451. The molecule has 21 heavy (non-hydrogen) atoms. The molecule has 0 bridgehead atoms. The summed E-state index contributed by atoms with van der Waals surface area (Å²) in [5.41, 5.74) is 1.19. The Labute approximate surface area is 127 Å². The fraction of sp³-hybridized carbons (Fsp3) is 0.875. The van der Waals surface area contributed by atoms with Crippen molar-refractivity contribution in [1.82, 2.24) is 20.3 Å². The molecule has 5 heteroatoms. The Morgan fingerprint density at radius 3 is 3.00 bits per heavy atom. The summed E-state index contributed by atoms with van der Waals surface area (Å²) in [5.74, 6) is 0.665. The first-order valence-corrected chi connectivity index (χ1v) is 8.42. The Kier molecular flexibility index (Phi) is 4.60. The second kappa shape index (κ2) is 6.44. The first kappa shape index (κ1) is 15.0. The minimum absolute atomic E-state index is 0.144. The normalized spacial score (nSPS) is 25.0. The minimum Gasteiger partial charge on any atom is -0.375 e. The molecule has 1 saturated heterocycles.